The number of carbonyl (C=O) groups excluding carboxylic acids is 1. The Morgan fingerprint density at radius 2 is 1.17 bits per heavy atom. The molecule has 2 heteroatoms. The number of hydrogen-bond acceptors (Lipinski definition) is 2. The van der Waals surface area contributed by atoms with Gasteiger partial charge in [-0.15, -0.1) is 0 Å². The molecule has 2 nitrogen and oxygen atoms in total. The highest BCUT2D eigenvalue weighted by Gasteiger charge is 2.00. The standard InChI is InChI=1S/C21H40O2/c1-2-3-4-5-6-7-8-9-10-11-12-13-14-15-16-18-21(23)19-17-20-22/h9-10,22H,2-8,11-20H2,1H3/b10-9-. The minimum atomic E-state index is 0.137. The van der Waals surface area contributed by atoms with E-state index in [0.29, 0.717) is 25.0 Å². The van der Waals surface area contributed by atoms with Crippen LogP contribution in [0.1, 0.15) is 110 Å². The zero-order chi connectivity index (χ0) is 17.0. The molecule has 0 saturated carbocycles. The van der Waals surface area contributed by atoms with Gasteiger partial charge < -0.3 is 5.11 Å². The molecular weight excluding hydrogens is 284 g/mol. The van der Waals surface area contributed by atoms with Crippen LogP contribution < -0.4 is 0 Å². The monoisotopic (exact) mass is 324 g/mol. The number of unbranched alkanes of at least 4 members (excludes halogenated alkanes) is 11. The molecule has 0 saturated heterocycles. The minimum absolute atomic E-state index is 0.137. The van der Waals surface area contributed by atoms with Gasteiger partial charge >= 0.3 is 0 Å². The predicted octanol–water partition coefficient (Wildman–Crippen LogP) is 6.37. The lowest BCUT2D eigenvalue weighted by molar-refractivity contribution is -0.119. The van der Waals surface area contributed by atoms with Gasteiger partial charge in [0.25, 0.3) is 0 Å². The summed E-state index contributed by atoms with van der Waals surface area (Å²) in [7, 11) is 0. The highest BCUT2D eigenvalue weighted by Crippen LogP contribution is 2.10. The van der Waals surface area contributed by atoms with E-state index < -0.39 is 0 Å². The molecule has 0 amide bonds. The van der Waals surface area contributed by atoms with Crippen LogP contribution in [0.25, 0.3) is 0 Å². The van der Waals surface area contributed by atoms with Crippen LogP contribution >= 0.6 is 0 Å². The van der Waals surface area contributed by atoms with Gasteiger partial charge in [-0.05, 0) is 38.5 Å². The molecule has 0 heterocycles. The molecule has 0 atom stereocenters. The first kappa shape index (κ1) is 22.4. The summed E-state index contributed by atoms with van der Waals surface area (Å²) in [5.41, 5.74) is 0. The number of aliphatic hydroxyl groups is 1. The van der Waals surface area contributed by atoms with Gasteiger partial charge in [-0.3, -0.25) is 4.79 Å². The molecule has 0 aromatic heterocycles. The van der Waals surface area contributed by atoms with Gasteiger partial charge in [0.2, 0.25) is 0 Å². The zero-order valence-electron chi connectivity index (χ0n) is 15.5. The fraction of sp³-hybridized carbons (Fsp3) is 0.857. The van der Waals surface area contributed by atoms with Gasteiger partial charge in [0.1, 0.15) is 5.78 Å². The molecular formula is C21H40O2. The first-order valence-electron chi connectivity index (χ1n) is 10.1. The van der Waals surface area contributed by atoms with E-state index in [4.69, 9.17) is 5.11 Å². The summed E-state index contributed by atoms with van der Waals surface area (Å²) in [6.07, 6.45) is 23.4. The lowest BCUT2D eigenvalue weighted by Crippen LogP contribution is -1.99. The highest BCUT2D eigenvalue weighted by atomic mass is 16.3. The summed E-state index contributed by atoms with van der Waals surface area (Å²) in [5, 5.41) is 8.66. The van der Waals surface area contributed by atoms with E-state index >= 15 is 0 Å². The summed E-state index contributed by atoms with van der Waals surface area (Å²) < 4.78 is 0. The summed E-state index contributed by atoms with van der Waals surface area (Å²) in [5.74, 6) is 0.316. The number of Topliss-reactive ketones (excluding diaryl/α,β-unsaturated/α-hetero) is 1. The lowest BCUT2D eigenvalue weighted by Gasteiger charge is -2.01. The molecule has 0 aromatic carbocycles. The third-order valence-electron chi connectivity index (χ3n) is 4.33. The largest absolute Gasteiger partial charge is 0.396 e. The van der Waals surface area contributed by atoms with Crippen LogP contribution in [0.3, 0.4) is 0 Å². The Hall–Kier alpha value is -0.630. The molecule has 0 spiro atoms. The summed E-state index contributed by atoms with van der Waals surface area (Å²) in [6, 6.07) is 0. The van der Waals surface area contributed by atoms with Crippen molar-refractivity contribution in [3.05, 3.63) is 12.2 Å². The van der Waals surface area contributed by atoms with Crippen LogP contribution in [-0.4, -0.2) is 17.5 Å². The normalized spacial score (nSPS) is 11.4. The Labute approximate surface area is 144 Å². The van der Waals surface area contributed by atoms with Crippen molar-refractivity contribution in [2.24, 2.45) is 0 Å². The molecule has 1 N–H and O–H groups in total. The molecule has 0 fully saturated rings. The number of rotatable bonds is 18. The fourth-order valence-electron chi connectivity index (χ4n) is 2.79. The number of allylic oxidation sites excluding steroid dienone is 2. The zero-order valence-corrected chi connectivity index (χ0v) is 15.5. The van der Waals surface area contributed by atoms with Gasteiger partial charge in [0.15, 0.2) is 0 Å². The maximum Gasteiger partial charge on any atom is 0.132 e. The topological polar surface area (TPSA) is 37.3 Å². The van der Waals surface area contributed by atoms with Gasteiger partial charge in [-0.25, -0.2) is 0 Å². The van der Waals surface area contributed by atoms with Crippen molar-refractivity contribution in [1.82, 2.24) is 0 Å². The summed E-state index contributed by atoms with van der Waals surface area (Å²) in [6.45, 7) is 2.40. The average molecular weight is 325 g/mol. The van der Waals surface area contributed by atoms with E-state index in [-0.39, 0.29) is 6.61 Å². The molecule has 0 bridgehead atoms. The fourth-order valence-corrected chi connectivity index (χ4v) is 2.79. The van der Waals surface area contributed by atoms with Gasteiger partial charge in [0.05, 0.1) is 0 Å². The van der Waals surface area contributed by atoms with Gasteiger partial charge in [-0.1, -0.05) is 70.4 Å². The van der Waals surface area contributed by atoms with Crippen molar-refractivity contribution in [1.29, 1.82) is 0 Å². The Bertz CT molecular complexity index is 271. The molecule has 0 aliphatic rings. The Balaban J connectivity index is 3.14. The molecule has 136 valence electrons. The van der Waals surface area contributed by atoms with E-state index in [1.165, 1.54) is 77.0 Å². The number of aliphatic hydroxyl groups excluding tert-OH is 1. The predicted molar refractivity (Wildman–Crippen MR) is 101 cm³/mol. The first-order chi connectivity index (χ1) is 11.3. The van der Waals surface area contributed by atoms with Crippen molar-refractivity contribution < 1.29 is 9.90 Å². The second-order valence-corrected chi connectivity index (χ2v) is 6.70. The van der Waals surface area contributed by atoms with Crippen molar-refractivity contribution >= 4 is 5.78 Å². The average Bonchev–Trinajstić information content (AvgIpc) is 2.56. The maximum absolute atomic E-state index is 11.4. The second-order valence-electron chi connectivity index (χ2n) is 6.70. The molecule has 0 unspecified atom stereocenters. The maximum atomic E-state index is 11.4. The molecule has 0 aromatic rings. The third-order valence-corrected chi connectivity index (χ3v) is 4.33. The molecule has 23 heavy (non-hydrogen) atoms. The van der Waals surface area contributed by atoms with E-state index in [0.717, 1.165) is 6.42 Å². The summed E-state index contributed by atoms with van der Waals surface area (Å²) in [4.78, 5) is 11.4. The van der Waals surface area contributed by atoms with Crippen LogP contribution in [0.2, 0.25) is 0 Å². The molecule has 0 aliphatic heterocycles. The van der Waals surface area contributed by atoms with E-state index in [1.54, 1.807) is 0 Å². The van der Waals surface area contributed by atoms with E-state index in [9.17, 15) is 4.79 Å². The molecule has 0 aliphatic carbocycles. The Morgan fingerprint density at radius 1 is 0.696 bits per heavy atom. The van der Waals surface area contributed by atoms with Crippen LogP contribution in [0, 0.1) is 0 Å². The third kappa shape index (κ3) is 19.3. The summed E-state index contributed by atoms with van der Waals surface area (Å²) >= 11 is 0. The molecule has 0 radical (unpaired) electrons. The van der Waals surface area contributed by atoms with Gasteiger partial charge in [-0.2, -0.15) is 0 Å². The van der Waals surface area contributed by atoms with Crippen molar-refractivity contribution in [2.45, 2.75) is 110 Å². The van der Waals surface area contributed by atoms with Crippen LogP contribution in [-0.2, 0) is 4.79 Å². The first-order valence-corrected chi connectivity index (χ1v) is 10.1. The van der Waals surface area contributed by atoms with Crippen molar-refractivity contribution in [3.8, 4) is 0 Å². The second kappa shape index (κ2) is 19.4. The number of carbonyl (C=O) groups is 1. The van der Waals surface area contributed by atoms with Crippen molar-refractivity contribution in [3.63, 3.8) is 0 Å². The van der Waals surface area contributed by atoms with E-state index in [2.05, 4.69) is 19.1 Å². The van der Waals surface area contributed by atoms with E-state index in [1.807, 2.05) is 0 Å². The van der Waals surface area contributed by atoms with Crippen LogP contribution in [0.5, 0.6) is 0 Å². The Morgan fingerprint density at radius 3 is 1.74 bits per heavy atom. The van der Waals surface area contributed by atoms with Crippen LogP contribution in [0.15, 0.2) is 12.2 Å². The lowest BCUT2D eigenvalue weighted by atomic mass is 10.1. The quantitative estimate of drug-likeness (QED) is 0.235. The van der Waals surface area contributed by atoms with Crippen molar-refractivity contribution in [2.75, 3.05) is 6.61 Å². The number of ketones is 1. The Kier molecular flexibility index (Phi) is 18.9. The highest BCUT2D eigenvalue weighted by molar-refractivity contribution is 5.78. The molecule has 0 rings (SSSR count). The smallest absolute Gasteiger partial charge is 0.132 e. The van der Waals surface area contributed by atoms with Crippen LogP contribution in [0.4, 0.5) is 0 Å². The SMILES string of the molecule is CCCCCCCC/C=C\CCCCCCCC(=O)CCCO. The minimum Gasteiger partial charge on any atom is -0.396 e. The number of hydrogen-bond donors (Lipinski definition) is 1. The van der Waals surface area contributed by atoms with Gasteiger partial charge in [0, 0.05) is 19.4 Å².